The third-order valence-corrected chi connectivity index (χ3v) is 6.85. The van der Waals surface area contributed by atoms with E-state index in [0.717, 1.165) is 33.2 Å². The van der Waals surface area contributed by atoms with Crippen LogP contribution >= 0.6 is 11.8 Å². The van der Waals surface area contributed by atoms with Crippen LogP contribution in [0.15, 0.2) is 102 Å². The van der Waals surface area contributed by atoms with E-state index in [0.29, 0.717) is 17.1 Å². The molecule has 4 rings (SSSR count). The number of thioether (sulfide) groups is 1. The predicted octanol–water partition coefficient (Wildman–Crippen LogP) is 8.51. The molecular formula is C31H24F4O3S. The van der Waals surface area contributed by atoms with E-state index in [2.05, 4.69) is 0 Å². The lowest BCUT2D eigenvalue weighted by atomic mass is 9.94. The first-order valence-corrected chi connectivity index (χ1v) is 12.9. The molecule has 0 bridgehead atoms. The second kappa shape index (κ2) is 12.2. The first kappa shape index (κ1) is 28.0. The fourth-order valence-electron chi connectivity index (χ4n) is 4.08. The highest BCUT2D eigenvalue weighted by Crippen LogP contribution is 2.37. The van der Waals surface area contributed by atoms with Gasteiger partial charge in [0.25, 0.3) is 0 Å². The lowest BCUT2D eigenvalue weighted by molar-refractivity contribution is -0.139. The number of carboxylic acid groups (broad SMARTS) is 1. The summed E-state index contributed by atoms with van der Waals surface area (Å²) in [5.74, 6) is -0.368. The van der Waals surface area contributed by atoms with Gasteiger partial charge in [0.2, 0.25) is 0 Å². The number of hydrogen-bond acceptors (Lipinski definition) is 3. The minimum atomic E-state index is -4.47. The summed E-state index contributed by atoms with van der Waals surface area (Å²) in [6, 6.07) is 23.8. The van der Waals surface area contributed by atoms with Gasteiger partial charge in [-0.1, -0.05) is 60.7 Å². The molecule has 4 aromatic rings. The second-order valence-corrected chi connectivity index (χ2v) is 9.76. The zero-order valence-corrected chi connectivity index (χ0v) is 21.7. The Morgan fingerprint density at radius 1 is 0.923 bits per heavy atom. The number of hydrogen-bond donors (Lipinski definition) is 1. The van der Waals surface area contributed by atoms with Crippen molar-refractivity contribution in [3.8, 4) is 16.9 Å². The maximum absolute atomic E-state index is 13.6. The summed E-state index contributed by atoms with van der Waals surface area (Å²) < 4.78 is 59.4. The molecule has 0 aliphatic carbocycles. The molecule has 0 heterocycles. The molecule has 0 saturated carbocycles. The quantitative estimate of drug-likeness (QED) is 0.167. The maximum Gasteiger partial charge on any atom is 0.417 e. The Labute approximate surface area is 227 Å². The monoisotopic (exact) mass is 552 g/mol. The van der Waals surface area contributed by atoms with Gasteiger partial charge in [-0.15, -0.1) is 11.8 Å². The molecule has 200 valence electrons. The molecule has 8 heteroatoms. The van der Waals surface area contributed by atoms with Crippen LogP contribution in [0.25, 0.3) is 16.7 Å². The zero-order valence-electron chi connectivity index (χ0n) is 20.8. The van der Waals surface area contributed by atoms with Crippen LogP contribution in [-0.2, 0) is 11.0 Å². The fraction of sp³-hybridized carbons (Fsp3) is 0.129. The molecule has 0 amide bonds. The van der Waals surface area contributed by atoms with E-state index in [1.165, 1.54) is 24.3 Å². The second-order valence-electron chi connectivity index (χ2n) is 8.67. The first-order valence-electron chi connectivity index (χ1n) is 11.9. The third-order valence-electron chi connectivity index (χ3n) is 5.93. The Morgan fingerprint density at radius 3 is 2.18 bits per heavy atom. The standard InChI is InChI=1S/C31H24F4O3S/c1-20-18-25(14-15-29(20)38-19-30(36)37)39-17-16-26(22-10-12-24(32)13-11-22)21-6-8-23(9-7-21)27-4-2-3-5-28(27)31(33,34)35/h2-16,18H,17,19H2,1H3,(H,36,37)/b26-16-. The summed E-state index contributed by atoms with van der Waals surface area (Å²) in [6.07, 6.45) is -2.48. The molecule has 0 radical (unpaired) electrons. The van der Waals surface area contributed by atoms with Crippen molar-refractivity contribution in [3.05, 3.63) is 125 Å². The number of aryl methyl sites for hydroxylation is 1. The van der Waals surface area contributed by atoms with Gasteiger partial charge in [0, 0.05) is 10.6 Å². The largest absolute Gasteiger partial charge is 0.482 e. The Kier molecular flexibility index (Phi) is 8.76. The van der Waals surface area contributed by atoms with Gasteiger partial charge in [-0.25, -0.2) is 9.18 Å². The first-order chi connectivity index (χ1) is 18.6. The number of benzene rings is 4. The summed E-state index contributed by atoms with van der Waals surface area (Å²) in [5.41, 5.74) is 3.02. The fourth-order valence-corrected chi connectivity index (χ4v) is 4.94. The van der Waals surface area contributed by atoms with E-state index < -0.39 is 24.3 Å². The normalized spacial score (nSPS) is 11.9. The van der Waals surface area contributed by atoms with Crippen LogP contribution in [0.3, 0.4) is 0 Å². The molecule has 39 heavy (non-hydrogen) atoms. The Hall–Kier alpha value is -4.04. The van der Waals surface area contributed by atoms with Gasteiger partial charge in [0.1, 0.15) is 11.6 Å². The van der Waals surface area contributed by atoms with Crippen LogP contribution in [0.5, 0.6) is 5.75 Å². The SMILES string of the molecule is Cc1cc(SC/C=C(\c2ccc(F)cc2)c2ccc(-c3ccccc3C(F)(F)F)cc2)ccc1OCC(=O)O. The number of ether oxygens (including phenoxy) is 1. The molecule has 0 saturated heterocycles. The van der Waals surface area contributed by atoms with E-state index in [4.69, 9.17) is 9.84 Å². The van der Waals surface area contributed by atoms with Crippen molar-refractivity contribution < 1.29 is 32.2 Å². The molecule has 1 N–H and O–H groups in total. The summed E-state index contributed by atoms with van der Waals surface area (Å²) in [7, 11) is 0. The van der Waals surface area contributed by atoms with Crippen LogP contribution in [0.2, 0.25) is 0 Å². The number of carbonyl (C=O) groups is 1. The minimum Gasteiger partial charge on any atom is -0.482 e. The summed E-state index contributed by atoms with van der Waals surface area (Å²) in [6.45, 7) is 1.41. The number of rotatable bonds is 9. The average Bonchev–Trinajstić information content (AvgIpc) is 2.91. The molecule has 0 aliphatic heterocycles. The number of halogens is 4. The van der Waals surface area contributed by atoms with Gasteiger partial charge in [-0.05, 0) is 76.7 Å². The molecule has 0 spiro atoms. The van der Waals surface area contributed by atoms with Crippen molar-refractivity contribution in [2.75, 3.05) is 12.4 Å². The summed E-state index contributed by atoms with van der Waals surface area (Å²) in [4.78, 5) is 11.7. The zero-order chi connectivity index (χ0) is 28.0. The lowest BCUT2D eigenvalue weighted by Crippen LogP contribution is -2.09. The van der Waals surface area contributed by atoms with Crippen molar-refractivity contribution in [3.63, 3.8) is 0 Å². The Balaban J connectivity index is 1.59. The van der Waals surface area contributed by atoms with E-state index in [1.807, 2.05) is 25.1 Å². The van der Waals surface area contributed by atoms with Gasteiger partial charge >= 0.3 is 12.1 Å². The van der Waals surface area contributed by atoms with Crippen LogP contribution in [-0.4, -0.2) is 23.4 Å². The van der Waals surface area contributed by atoms with E-state index in [9.17, 15) is 22.4 Å². The highest BCUT2D eigenvalue weighted by Gasteiger charge is 2.33. The molecule has 0 aliphatic rings. The minimum absolute atomic E-state index is 0.102. The molecule has 0 fully saturated rings. The van der Waals surface area contributed by atoms with Gasteiger partial charge in [0.15, 0.2) is 6.61 Å². The predicted molar refractivity (Wildman–Crippen MR) is 145 cm³/mol. The topological polar surface area (TPSA) is 46.5 Å². The van der Waals surface area contributed by atoms with Crippen molar-refractivity contribution >= 4 is 23.3 Å². The van der Waals surface area contributed by atoms with Gasteiger partial charge in [-0.3, -0.25) is 0 Å². The summed E-state index contributed by atoms with van der Waals surface area (Å²) in [5, 5.41) is 8.81. The van der Waals surface area contributed by atoms with Crippen molar-refractivity contribution in [2.24, 2.45) is 0 Å². The Bertz CT molecular complexity index is 1480. The average molecular weight is 553 g/mol. The highest BCUT2D eigenvalue weighted by molar-refractivity contribution is 7.99. The smallest absolute Gasteiger partial charge is 0.417 e. The highest BCUT2D eigenvalue weighted by atomic mass is 32.2. The lowest BCUT2D eigenvalue weighted by Gasteiger charge is -2.14. The summed E-state index contributed by atoms with van der Waals surface area (Å²) >= 11 is 1.55. The molecule has 4 aromatic carbocycles. The van der Waals surface area contributed by atoms with Crippen LogP contribution in [0.1, 0.15) is 22.3 Å². The van der Waals surface area contributed by atoms with Crippen molar-refractivity contribution in [1.29, 1.82) is 0 Å². The van der Waals surface area contributed by atoms with Crippen molar-refractivity contribution in [2.45, 2.75) is 18.0 Å². The van der Waals surface area contributed by atoms with Gasteiger partial charge < -0.3 is 9.84 Å². The van der Waals surface area contributed by atoms with Gasteiger partial charge in [-0.2, -0.15) is 13.2 Å². The molecule has 3 nitrogen and oxygen atoms in total. The molecular weight excluding hydrogens is 528 g/mol. The van der Waals surface area contributed by atoms with E-state index in [-0.39, 0.29) is 11.4 Å². The maximum atomic E-state index is 13.6. The number of carboxylic acids is 1. The van der Waals surface area contributed by atoms with Crippen LogP contribution in [0.4, 0.5) is 17.6 Å². The third kappa shape index (κ3) is 7.29. The molecule has 0 aromatic heterocycles. The van der Waals surface area contributed by atoms with Crippen LogP contribution in [0, 0.1) is 12.7 Å². The van der Waals surface area contributed by atoms with E-state index >= 15 is 0 Å². The van der Waals surface area contributed by atoms with Crippen LogP contribution < -0.4 is 4.74 Å². The van der Waals surface area contributed by atoms with E-state index in [1.54, 1.807) is 60.3 Å². The Morgan fingerprint density at radius 2 is 1.56 bits per heavy atom. The molecule has 0 atom stereocenters. The van der Waals surface area contributed by atoms with Crippen molar-refractivity contribution in [1.82, 2.24) is 0 Å². The molecule has 0 unspecified atom stereocenters. The number of alkyl halides is 3. The van der Waals surface area contributed by atoms with Gasteiger partial charge in [0.05, 0.1) is 5.56 Å². The number of aliphatic carboxylic acids is 1.